The van der Waals surface area contributed by atoms with Crippen LogP contribution in [0.5, 0.6) is 5.75 Å². The van der Waals surface area contributed by atoms with Crippen molar-refractivity contribution < 1.29 is 14.6 Å². The first-order valence-electron chi connectivity index (χ1n) is 6.32. The molecule has 0 amide bonds. The molecule has 1 atom stereocenters. The number of nitrogens with two attached hydrogens (primary N) is 1. The highest BCUT2D eigenvalue weighted by molar-refractivity contribution is 5.69. The molecular weight excluding hydrogens is 254 g/mol. The van der Waals surface area contributed by atoms with E-state index >= 15 is 0 Å². The Hall–Kier alpha value is -2.33. The molecule has 0 aromatic heterocycles. The van der Waals surface area contributed by atoms with Gasteiger partial charge in [0.25, 0.3) is 0 Å². The lowest BCUT2D eigenvalue weighted by Crippen LogP contribution is -2.15. The summed E-state index contributed by atoms with van der Waals surface area (Å²) in [6.45, 7) is 0. The predicted molar refractivity (Wildman–Crippen MR) is 77.6 cm³/mol. The fourth-order valence-electron chi connectivity index (χ4n) is 2.13. The minimum atomic E-state index is -0.924. The first kappa shape index (κ1) is 14.1. The summed E-state index contributed by atoms with van der Waals surface area (Å²) in [5.74, 6) is -0.313. The molecule has 0 saturated heterocycles. The number of carboxylic acid groups (broad SMARTS) is 1. The van der Waals surface area contributed by atoms with Crippen molar-refractivity contribution in [3.63, 3.8) is 0 Å². The summed E-state index contributed by atoms with van der Waals surface area (Å²) >= 11 is 0. The third-order valence-corrected chi connectivity index (χ3v) is 3.13. The predicted octanol–water partition coefficient (Wildman–Crippen LogP) is 2.84. The van der Waals surface area contributed by atoms with E-state index in [1.54, 1.807) is 7.11 Å². The number of carboxylic acids is 1. The van der Waals surface area contributed by atoms with E-state index < -0.39 is 12.0 Å². The van der Waals surface area contributed by atoms with Crippen LogP contribution in [0.3, 0.4) is 0 Å². The highest BCUT2D eigenvalue weighted by Crippen LogP contribution is 2.31. The van der Waals surface area contributed by atoms with Crippen LogP contribution in [0.2, 0.25) is 0 Å². The maximum atomic E-state index is 10.8. The number of methoxy groups -OCH3 is 1. The van der Waals surface area contributed by atoms with E-state index in [4.69, 9.17) is 15.6 Å². The van der Waals surface area contributed by atoms with Crippen molar-refractivity contribution in [3.05, 3.63) is 54.1 Å². The summed E-state index contributed by atoms with van der Waals surface area (Å²) in [6.07, 6.45) is -0.124. The summed E-state index contributed by atoms with van der Waals surface area (Å²) < 4.78 is 5.34. The molecule has 0 radical (unpaired) electrons. The van der Waals surface area contributed by atoms with E-state index in [0.717, 1.165) is 11.1 Å². The van der Waals surface area contributed by atoms with Gasteiger partial charge in [0, 0.05) is 11.6 Å². The second-order valence-corrected chi connectivity index (χ2v) is 4.53. The lowest BCUT2D eigenvalue weighted by Gasteiger charge is -2.15. The second-order valence-electron chi connectivity index (χ2n) is 4.53. The molecule has 3 N–H and O–H groups in total. The van der Waals surface area contributed by atoms with Crippen molar-refractivity contribution in [1.29, 1.82) is 0 Å². The Morgan fingerprint density at radius 3 is 2.50 bits per heavy atom. The van der Waals surface area contributed by atoms with Crippen molar-refractivity contribution in [1.82, 2.24) is 0 Å². The molecule has 1 unspecified atom stereocenters. The van der Waals surface area contributed by atoms with Crippen molar-refractivity contribution >= 4 is 5.97 Å². The van der Waals surface area contributed by atoms with Crippen LogP contribution in [0, 0.1) is 0 Å². The minimum absolute atomic E-state index is 0.124. The molecule has 2 aromatic rings. The molecule has 4 heteroatoms. The van der Waals surface area contributed by atoms with Gasteiger partial charge in [0.1, 0.15) is 5.75 Å². The van der Waals surface area contributed by atoms with Gasteiger partial charge in [-0.05, 0) is 17.2 Å². The average Bonchev–Trinajstić information content (AvgIpc) is 2.46. The number of hydrogen-bond acceptors (Lipinski definition) is 3. The molecule has 2 rings (SSSR count). The number of ether oxygens (including phenoxy) is 1. The SMILES string of the molecule is COc1cc(-c2ccccc2)ccc1C(N)CC(=O)O. The Kier molecular flexibility index (Phi) is 4.38. The monoisotopic (exact) mass is 271 g/mol. The fourth-order valence-corrected chi connectivity index (χ4v) is 2.13. The zero-order valence-electron chi connectivity index (χ0n) is 11.2. The van der Waals surface area contributed by atoms with Gasteiger partial charge in [-0.2, -0.15) is 0 Å². The number of aliphatic carboxylic acids is 1. The molecule has 0 heterocycles. The largest absolute Gasteiger partial charge is 0.496 e. The summed E-state index contributed by atoms with van der Waals surface area (Å²) in [6, 6.07) is 15.0. The van der Waals surface area contributed by atoms with Gasteiger partial charge in [-0.1, -0.05) is 42.5 Å². The van der Waals surface area contributed by atoms with Gasteiger partial charge in [-0.3, -0.25) is 4.79 Å². The second kappa shape index (κ2) is 6.21. The molecule has 0 fully saturated rings. The maximum absolute atomic E-state index is 10.8. The molecule has 104 valence electrons. The highest BCUT2D eigenvalue weighted by Gasteiger charge is 2.15. The fraction of sp³-hybridized carbons (Fsp3) is 0.188. The third-order valence-electron chi connectivity index (χ3n) is 3.13. The molecule has 0 saturated carbocycles. The van der Waals surface area contributed by atoms with Crippen molar-refractivity contribution in [2.75, 3.05) is 7.11 Å². The van der Waals surface area contributed by atoms with Crippen molar-refractivity contribution in [2.45, 2.75) is 12.5 Å². The molecule has 20 heavy (non-hydrogen) atoms. The Morgan fingerprint density at radius 2 is 1.90 bits per heavy atom. The first-order chi connectivity index (χ1) is 9.61. The van der Waals surface area contributed by atoms with Gasteiger partial charge < -0.3 is 15.6 Å². The van der Waals surface area contributed by atoms with Gasteiger partial charge in [0.2, 0.25) is 0 Å². The van der Waals surface area contributed by atoms with Crippen molar-refractivity contribution in [2.24, 2.45) is 5.73 Å². The smallest absolute Gasteiger partial charge is 0.305 e. The normalized spacial score (nSPS) is 11.9. The lowest BCUT2D eigenvalue weighted by molar-refractivity contribution is -0.137. The van der Waals surface area contributed by atoms with Crippen LogP contribution in [0.4, 0.5) is 0 Å². The molecular formula is C16H17NO3. The topological polar surface area (TPSA) is 72.5 Å². The Balaban J connectivity index is 2.35. The molecule has 0 aliphatic heterocycles. The van der Waals surface area contributed by atoms with E-state index in [1.165, 1.54) is 0 Å². The summed E-state index contributed by atoms with van der Waals surface area (Å²) in [5, 5.41) is 8.82. The van der Waals surface area contributed by atoms with Crippen LogP contribution >= 0.6 is 0 Å². The zero-order chi connectivity index (χ0) is 14.5. The van der Waals surface area contributed by atoms with Gasteiger partial charge in [-0.25, -0.2) is 0 Å². The number of benzene rings is 2. The highest BCUT2D eigenvalue weighted by atomic mass is 16.5. The standard InChI is InChI=1S/C16H17NO3/c1-20-15-9-12(11-5-3-2-4-6-11)7-8-13(15)14(17)10-16(18)19/h2-9,14H,10,17H2,1H3,(H,18,19). The van der Waals surface area contributed by atoms with E-state index in [1.807, 2.05) is 48.5 Å². The number of carbonyl (C=O) groups is 1. The van der Waals surface area contributed by atoms with E-state index in [-0.39, 0.29) is 6.42 Å². The van der Waals surface area contributed by atoms with Crippen LogP contribution in [0.1, 0.15) is 18.0 Å². The van der Waals surface area contributed by atoms with Crippen molar-refractivity contribution in [3.8, 4) is 16.9 Å². The average molecular weight is 271 g/mol. The summed E-state index contributed by atoms with van der Waals surface area (Å²) in [7, 11) is 1.56. The molecule has 4 nitrogen and oxygen atoms in total. The van der Waals surface area contributed by atoms with Crippen LogP contribution in [0.25, 0.3) is 11.1 Å². The number of rotatable bonds is 5. The molecule has 0 bridgehead atoms. The van der Waals surface area contributed by atoms with Gasteiger partial charge >= 0.3 is 5.97 Å². The minimum Gasteiger partial charge on any atom is -0.496 e. The Labute approximate surface area is 117 Å². The zero-order valence-corrected chi connectivity index (χ0v) is 11.2. The van der Waals surface area contributed by atoms with E-state index in [2.05, 4.69) is 0 Å². The molecule has 0 aliphatic rings. The summed E-state index contributed by atoms with van der Waals surface area (Å²) in [4.78, 5) is 10.8. The van der Waals surface area contributed by atoms with Gasteiger partial charge in [-0.15, -0.1) is 0 Å². The van der Waals surface area contributed by atoms with Gasteiger partial charge in [0.05, 0.1) is 13.5 Å². The van der Waals surface area contributed by atoms with E-state index in [9.17, 15) is 4.79 Å². The van der Waals surface area contributed by atoms with E-state index in [0.29, 0.717) is 11.3 Å². The third kappa shape index (κ3) is 3.16. The van der Waals surface area contributed by atoms with Crippen LogP contribution in [0.15, 0.2) is 48.5 Å². The maximum Gasteiger partial charge on any atom is 0.305 e. The lowest BCUT2D eigenvalue weighted by atomic mass is 9.98. The molecule has 2 aromatic carbocycles. The Morgan fingerprint density at radius 1 is 1.20 bits per heavy atom. The molecule has 0 spiro atoms. The van der Waals surface area contributed by atoms with Crippen LogP contribution in [-0.4, -0.2) is 18.2 Å². The quantitative estimate of drug-likeness (QED) is 0.877. The summed E-state index contributed by atoms with van der Waals surface area (Å²) in [5.41, 5.74) is 8.68. The Bertz CT molecular complexity index is 596. The van der Waals surface area contributed by atoms with Crippen LogP contribution < -0.4 is 10.5 Å². The van der Waals surface area contributed by atoms with Gasteiger partial charge in [0.15, 0.2) is 0 Å². The first-order valence-corrected chi connectivity index (χ1v) is 6.32. The van der Waals surface area contributed by atoms with Crippen LogP contribution in [-0.2, 0) is 4.79 Å². The number of hydrogen-bond donors (Lipinski definition) is 2. The molecule has 0 aliphatic carbocycles.